The number of methoxy groups -OCH3 is 1. The summed E-state index contributed by atoms with van der Waals surface area (Å²) in [6.45, 7) is 1.24. The first kappa shape index (κ1) is 28.9. The number of rotatable bonds is 10. The number of halogens is 1. The second kappa shape index (κ2) is 12.0. The van der Waals surface area contributed by atoms with Gasteiger partial charge < -0.3 is 10.1 Å². The number of hydrogen-bond donors (Lipinski definition) is 2. The summed E-state index contributed by atoms with van der Waals surface area (Å²) in [5.74, 6) is -0.470. The van der Waals surface area contributed by atoms with Crippen molar-refractivity contribution in [2.45, 2.75) is 16.7 Å². The number of carbonyl (C=O) groups excluding carboxylic acids is 1. The van der Waals surface area contributed by atoms with Crippen LogP contribution in [0.15, 0.2) is 107 Å². The number of aryl methyl sites for hydroxylation is 1. The molecule has 0 aliphatic heterocycles. The number of hydrogen-bond acceptors (Lipinski definition) is 6. The lowest BCUT2D eigenvalue weighted by molar-refractivity contribution is -0.114. The molecule has 0 fully saturated rings. The van der Waals surface area contributed by atoms with Crippen LogP contribution < -0.4 is 19.1 Å². The molecular formula is C28H26ClN3O6S2. The first-order chi connectivity index (χ1) is 19.0. The smallest absolute Gasteiger partial charge is 0.264 e. The van der Waals surface area contributed by atoms with E-state index in [1.165, 1.54) is 55.6 Å². The standard InChI is InChI=1S/C28H26ClN3O6S2/c1-20-7-6-8-23(17-20)31-39(34,35)24-14-12-22(13-15-24)30-28(33)19-32(26-18-21(29)11-16-27(26)38-2)40(36,37)25-9-4-3-5-10-25/h3-18,31H,19H2,1-2H3,(H,30,33). The van der Waals surface area contributed by atoms with Gasteiger partial charge in [-0.25, -0.2) is 16.8 Å². The topological polar surface area (TPSA) is 122 Å². The molecule has 4 aromatic carbocycles. The second-order valence-electron chi connectivity index (χ2n) is 8.69. The molecular weight excluding hydrogens is 574 g/mol. The molecule has 2 N–H and O–H groups in total. The van der Waals surface area contributed by atoms with Crippen LogP contribution in [0.5, 0.6) is 5.75 Å². The number of benzene rings is 4. The normalized spacial score (nSPS) is 11.5. The quantitative estimate of drug-likeness (QED) is 0.255. The highest BCUT2D eigenvalue weighted by atomic mass is 35.5. The van der Waals surface area contributed by atoms with Crippen LogP contribution in [-0.4, -0.2) is 36.4 Å². The van der Waals surface area contributed by atoms with Crippen molar-refractivity contribution < 1.29 is 26.4 Å². The molecule has 0 bridgehead atoms. The Morgan fingerprint density at radius 3 is 2.17 bits per heavy atom. The summed E-state index contributed by atoms with van der Waals surface area (Å²) in [4.78, 5) is 13.1. The van der Waals surface area contributed by atoms with Gasteiger partial charge in [0.05, 0.1) is 22.6 Å². The van der Waals surface area contributed by atoms with Crippen LogP contribution in [-0.2, 0) is 24.8 Å². The Bertz CT molecular complexity index is 1730. The lowest BCUT2D eigenvalue weighted by atomic mass is 10.2. The van der Waals surface area contributed by atoms with Gasteiger partial charge in [-0.3, -0.25) is 13.8 Å². The molecule has 0 spiro atoms. The number of ether oxygens (including phenoxy) is 1. The average molecular weight is 600 g/mol. The van der Waals surface area contributed by atoms with E-state index >= 15 is 0 Å². The Kier molecular flexibility index (Phi) is 8.67. The van der Waals surface area contributed by atoms with E-state index in [0.29, 0.717) is 5.69 Å². The van der Waals surface area contributed by atoms with Crippen molar-refractivity contribution >= 4 is 54.6 Å². The SMILES string of the molecule is COc1ccc(Cl)cc1N(CC(=O)Nc1ccc(S(=O)(=O)Nc2cccc(C)c2)cc1)S(=O)(=O)c1ccccc1. The predicted octanol–water partition coefficient (Wildman–Crippen LogP) is 5.29. The van der Waals surface area contributed by atoms with E-state index in [-0.39, 0.29) is 31.9 Å². The largest absolute Gasteiger partial charge is 0.495 e. The zero-order chi connectivity index (χ0) is 28.9. The summed E-state index contributed by atoms with van der Waals surface area (Å²) in [6.07, 6.45) is 0. The summed E-state index contributed by atoms with van der Waals surface area (Å²) < 4.78 is 61.5. The molecule has 0 saturated heterocycles. The summed E-state index contributed by atoms with van der Waals surface area (Å²) in [5, 5.41) is 2.87. The number of carbonyl (C=O) groups is 1. The van der Waals surface area contributed by atoms with Crippen LogP contribution in [0, 0.1) is 6.92 Å². The highest BCUT2D eigenvalue weighted by Gasteiger charge is 2.29. The third-order valence-electron chi connectivity index (χ3n) is 5.75. The third kappa shape index (κ3) is 6.74. The van der Waals surface area contributed by atoms with Crippen molar-refractivity contribution in [3.63, 3.8) is 0 Å². The molecule has 0 atom stereocenters. The molecule has 1 amide bonds. The fraction of sp³-hybridized carbons (Fsp3) is 0.107. The van der Waals surface area contributed by atoms with Crippen molar-refractivity contribution in [1.29, 1.82) is 0 Å². The molecule has 0 aliphatic rings. The van der Waals surface area contributed by atoms with Crippen LogP contribution in [0.4, 0.5) is 17.1 Å². The first-order valence-electron chi connectivity index (χ1n) is 11.9. The molecule has 40 heavy (non-hydrogen) atoms. The van der Waals surface area contributed by atoms with Gasteiger partial charge in [0, 0.05) is 16.4 Å². The Morgan fingerprint density at radius 2 is 1.52 bits per heavy atom. The molecule has 0 aliphatic carbocycles. The van der Waals surface area contributed by atoms with Crippen molar-refractivity contribution in [3.05, 3.63) is 108 Å². The van der Waals surface area contributed by atoms with E-state index in [1.807, 2.05) is 13.0 Å². The van der Waals surface area contributed by atoms with Gasteiger partial charge >= 0.3 is 0 Å². The van der Waals surface area contributed by atoms with Crippen molar-refractivity contribution in [3.8, 4) is 5.75 Å². The van der Waals surface area contributed by atoms with Gasteiger partial charge in [-0.05, 0) is 79.2 Å². The predicted molar refractivity (Wildman–Crippen MR) is 156 cm³/mol. The highest BCUT2D eigenvalue weighted by molar-refractivity contribution is 7.93. The lowest BCUT2D eigenvalue weighted by Crippen LogP contribution is -2.38. The fourth-order valence-corrected chi connectivity index (χ4v) is 6.51. The number of sulfonamides is 2. The molecule has 9 nitrogen and oxygen atoms in total. The average Bonchev–Trinajstić information content (AvgIpc) is 2.92. The Balaban J connectivity index is 1.57. The zero-order valence-electron chi connectivity index (χ0n) is 21.5. The maximum Gasteiger partial charge on any atom is 0.264 e. The maximum atomic E-state index is 13.6. The van der Waals surface area contributed by atoms with Crippen molar-refractivity contribution in [1.82, 2.24) is 0 Å². The Hall–Kier alpha value is -4.06. The molecule has 12 heteroatoms. The van der Waals surface area contributed by atoms with E-state index in [4.69, 9.17) is 16.3 Å². The number of nitrogens with zero attached hydrogens (tertiary/aromatic N) is 1. The highest BCUT2D eigenvalue weighted by Crippen LogP contribution is 2.35. The Morgan fingerprint density at radius 1 is 0.825 bits per heavy atom. The van der Waals surface area contributed by atoms with E-state index < -0.39 is 32.5 Å². The van der Waals surface area contributed by atoms with Crippen molar-refractivity contribution in [2.75, 3.05) is 28.0 Å². The van der Waals surface area contributed by atoms with Gasteiger partial charge in [-0.1, -0.05) is 41.9 Å². The van der Waals surface area contributed by atoms with Crippen molar-refractivity contribution in [2.24, 2.45) is 0 Å². The van der Waals surface area contributed by atoms with E-state index in [2.05, 4.69) is 10.0 Å². The van der Waals surface area contributed by atoms with Crippen LogP contribution in [0.25, 0.3) is 0 Å². The van der Waals surface area contributed by atoms with E-state index in [9.17, 15) is 21.6 Å². The fourth-order valence-electron chi connectivity index (χ4n) is 3.85. The van der Waals surface area contributed by atoms with E-state index in [1.54, 1.807) is 42.5 Å². The first-order valence-corrected chi connectivity index (χ1v) is 15.2. The molecule has 208 valence electrons. The van der Waals surface area contributed by atoms with Crippen LogP contribution in [0.1, 0.15) is 5.56 Å². The molecule has 4 rings (SSSR count). The van der Waals surface area contributed by atoms with E-state index in [0.717, 1.165) is 9.87 Å². The minimum Gasteiger partial charge on any atom is -0.495 e. The minimum atomic E-state index is -4.20. The van der Waals surface area contributed by atoms with Gasteiger partial charge in [0.2, 0.25) is 5.91 Å². The van der Waals surface area contributed by atoms with Gasteiger partial charge in [0.25, 0.3) is 20.0 Å². The Labute approximate surface area is 238 Å². The zero-order valence-corrected chi connectivity index (χ0v) is 23.9. The molecule has 0 unspecified atom stereocenters. The van der Waals surface area contributed by atoms with Crippen LogP contribution in [0.2, 0.25) is 5.02 Å². The molecule has 0 heterocycles. The van der Waals surface area contributed by atoms with Crippen LogP contribution >= 0.6 is 11.6 Å². The second-order valence-corrected chi connectivity index (χ2v) is 12.7. The molecule has 0 radical (unpaired) electrons. The van der Waals surface area contributed by atoms with Crippen LogP contribution in [0.3, 0.4) is 0 Å². The maximum absolute atomic E-state index is 13.6. The van der Waals surface area contributed by atoms with Gasteiger partial charge in [-0.2, -0.15) is 0 Å². The molecule has 4 aromatic rings. The van der Waals surface area contributed by atoms with Gasteiger partial charge in [0.15, 0.2) is 0 Å². The summed E-state index contributed by atoms with van der Waals surface area (Å²) in [7, 11) is -6.69. The van der Waals surface area contributed by atoms with Gasteiger partial charge in [0.1, 0.15) is 12.3 Å². The molecule has 0 aromatic heterocycles. The summed E-state index contributed by atoms with van der Waals surface area (Å²) in [5.41, 5.74) is 1.68. The number of amides is 1. The minimum absolute atomic E-state index is 0.0102. The number of nitrogens with one attached hydrogen (secondary N) is 2. The summed E-state index contributed by atoms with van der Waals surface area (Å²) in [6, 6.07) is 24.6. The molecule has 0 saturated carbocycles. The third-order valence-corrected chi connectivity index (χ3v) is 9.15. The lowest BCUT2D eigenvalue weighted by Gasteiger charge is -2.26. The monoisotopic (exact) mass is 599 g/mol. The van der Waals surface area contributed by atoms with Gasteiger partial charge in [-0.15, -0.1) is 0 Å². The number of anilines is 3. The summed E-state index contributed by atoms with van der Waals surface area (Å²) >= 11 is 6.16.